The minimum absolute atomic E-state index is 0.129. The second-order valence-electron chi connectivity index (χ2n) is 4.52. The fraction of sp³-hybridized carbons (Fsp3) is 0.143. The maximum Gasteiger partial charge on any atom is 0.396 e. The van der Waals surface area contributed by atoms with Gasteiger partial charge in [0.25, 0.3) is 5.89 Å². The van der Waals surface area contributed by atoms with Crippen LogP contribution in [0.4, 0.5) is 13.2 Å². The van der Waals surface area contributed by atoms with Crippen LogP contribution in [-0.4, -0.2) is 21.4 Å². The molecule has 0 bridgehead atoms. The Morgan fingerprint density at radius 3 is 2.43 bits per heavy atom. The second kappa shape index (κ2) is 4.76. The van der Waals surface area contributed by atoms with Crippen molar-refractivity contribution in [1.29, 1.82) is 0 Å². The molecule has 21 heavy (non-hydrogen) atoms. The van der Waals surface area contributed by atoms with Gasteiger partial charge in [-0.1, -0.05) is 29.4 Å². The summed E-state index contributed by atoms with van der Waals surface area (Å²) >= 11 is 0. The highest BCUT2D eigenvalue weighted by Gasteiger charge is 2.31. The lowest BCUT2D eigenvalue weighted by molar-refractivity contribution is -0.128. The fourth-order valence-corrected chi connectivity index (χ4v) is 2.01. The van der Waals surface area contributed by atoms with E-state index < -0.39 is 18.4 Å². The number of hydrogen-bond acceptors (Lipinski definition) is 4. The van der Waals surface area contributed by atoms with Gasteiger partial charge in [0.1, 0.15) is 12.2 Å². The minimum atomic E-state index is -4.41. The van der Waals surface area contributed by atoms with Crippen LogP contribution in [0.5, 0.6) is 5.75 Å². The Kier molecular flexibility index (Phi) is 3.04. The van der Waals surface area contributed by atoms with Crippen LogP contribution in [0, 0.1) is 0 Å². The molecule has 1 N–H and O–H groups in total. The summed E-state index contributed by atoms with van der Waals surface area (Å²) in [4.78, 5) is 3.68. The predicted octanol–water partition coefficient (Wildman–Crippen LogP) is 3.70. The Bertz CT molecular complexity index is 796. The van der Waals surface area contributed by atoms with Crippen LogP contribution in [0.1, 0.15) is 5.82 Å². The molecule has 4 nitrogen and oxygen atoms in total. The largest absolute Gasteiger partial charge is 0.507 e. The van der Waals surface area contributed by atoms with Crippen LogP contribution >= 0.6 is 0 Å². The quantitative estimate of drug-likeness (QED) is 0.783. The summed E-state index contributed by atoms with van der Waals surface area (Å²) in [5.41, 5.74) is 0.203. The third-order valence-electron chi connectivity index (χ3n) is 2.92. The van der Waals surface area contributed by atoms with Gasteiger partial charge in [0.15, 0.2) is 5.82 Å². The standard InChI is InChI=1S/C14H9F3N2O2/c15-14(16,17)7-12-18-13(21-19-12)10-5-8-3-1-2-4-9(8)6-11(10)20/h1-6,20H,7H2. The number of benzene rings is 2. The molecule has 0 saturated carbocycles. The molecule has 108 valence electrons. The summed E-state index contributed by atoms with van der Waals surface area (Å²) in [7, 11) is 0. The molecule has 3 aromatic rings. The fourth-order valence-electron chi connectivity index (χ4n) is 2.01. The molecule has 0 aliphatic rings. The zero-order valence-corrected chi connectivity index (χ0v) is 10.6. The van der Waals surface area contributed by atoms with Gasteiger partial charge in [0.2, 0.25) is 0 Å². The highest BCUT2D eigenvalue weighted by Crippen LogP contribution is 2.32. The van der Waals surface area contributed by atoms with E-state index >= 15 is 0 Å². The first-order valence-electron chi connectivity index (χ1n) is 6.04. The van der Waals surface area contributed by atoms with Gasteiger partial charge in [-0.2, -0.15) is 18.2 Å². The van der Waals surface area contributed by atoms with Gasteiger partial charge in [-0.3, -0.25) is 0 Å². The predicted molar refractivity (Wildman–Crippen MR) is 68.7 cm³/mol. The summed E-state index contributed by atoms with van der Waals surface area (Å²) < 4.78 is 41.6. The molecule has 0 aliphatic carbocycles. The number of aromatic hydroxyl groups is 1. The Morgan fingerprint density at radius 1 is 1.10 bits per heavy atom. The van der Waals surface area contributed by atoms with E-state index in [4.69, 9.17) is 4.52 Å². The van der Waals surface area contributed by atoms with Crippen molar-refractivity contribution in [3.05, 3.63) is 42.2 Å². The summed E-state index contributed by atoms with van der Waals surface area (Å²) in [5.74, 6) is -0.738. The molecule has 0 spiro atoms. The molecular weight excluding hydrogens is 285 g/mol. The Labute approximate surface area is 116 Å². The van der Waals surface area contributed by atoms with Crippen molar-refractivity contribution < 1.29 is 22.8 Å². The second-order valence-corrected chi connectivity index (χ2v) is 4.52. The van der Waals surface area contributed by atoms with Crippen LogP contribution in [0.25, 0.3) is 22.2 Å². The van der Waals surface area contributed by atoms with Gasteiger partial charge < -0.3 is 9.63 Å². The average molecular weight is 294 g/mol. The summed E-state index contributed by atoms with van der Waals surface area (Å²) in [6.07, 6.45) is -5.68. The van der Waals surface area contributed by atoms with Crippen molar-refractivity contribution in [3.8, 4) is 17.2 Å². The van der Waals surface area contributed by atoms with E-state index in [-0.39, 0.29) is 17.2 Å². The highest BCUT2D eigenvalue weighted by atomic mass is 19.4. The van der Waals surface area contributed by atoms with E-state index in [2.05, 4.69) is 10.1 Å². The first-order chi connectivity index (χ1) is 9.92. The number of aromatic nitrogens is 2. The summed E-state index contributed by atoms with van der Waals surface area (Å²) in [5, 5.41) is 14.8. The number of rotatable bonds is 2. The molecule has 0 saturated heterocycles. The maximum atomic E-state index is 12.3. The maximum absolute atomic E-state index is 12.3. The molecule has 1 heterocycles. The molecular formula is C14H9F3N2O2. The summed E-state index contributed by atoms with van der Waals surface area (Å²) in [6.45, 7) is 0. The Balaban J connectivity index is 2.02. The number of halogens is 3. The van der Waals surface area contributed by atoms with E-state index in [0.717, 1.165) is 10.8 Å². The third kappa shape index (κ3) is 2.81. The molecule has 0 fully saturated rings. The van der Waals surface area contributed by atoms with Crippen molar-refractivity contribution in [2.24, 2.45) is 0 Å². The summed E-state index contributed by atoms with van der Waals surface area (Å²) in [6, 6.07) is 10.3. The lowest BCUT2D eigenvalue weighted by Crippen LogP contribution is -2.12. The molecule has 0 amide bonds. The zero-order valence-electron chi connectivity index (χ0n) is 10.6. The van der Waals surface area contributed by atoms with Gasteiger partial charge in [0, 0.05) is 0 Å². The smallest absolute Gasteiger partial charge is 0.396 e. The highest BCUT2D eigenvalue weighted by molar-refractivity contribution is 5.89. The van der Waals surface area contributed by atoms with E-state index in [9.17, 15) is 18.3 Å². The number of hydrogen-bond donors (Lipinski definition) is 1. The number of nitrogens with zero attached hydrogens (tertiary/aromatic N) is 2. The van der Waals surface area contributed by atoms with Gasteiger partial charge >= 0.3 is 6.18 Å². The topological polar surface area (TPSA) is 59.2 Å². The van der Waals surface area contributed by atoms with E-state index in [1.165, 1.54) is 6.07 Å². The van der Waals surface area contributed by atoms with Crippen LogP contribution in [0.15, 0.2) is 40.9 Å². The average Bonchev–Trinajstić information content (AvgIpc) is 2.84. The van der Waals surface area contributed by atoms with Crippen molar-refractivity contribution in [2.75, 3.05) is 0 Å². The van der Waals surface area contributed by atoms with Gasteiger partial charge in [0.05, 0.1) is 5.56 Å². The molecule has 0 atom stereocenters. The van der Waals surface area contributed by atoms with Crippen molar-refractivity contribution in [2.45, 2.75) is 12.6 Å². The van der Waals surface area contributed by atoms with Crippen LogP contribution in [-0.2, 0) is 6.42 Å². The van der Waals surface area contributed by atoms with Crippen molar-refractivity contribution in [1.82, 2.24) is 10.1 Å². The Morgan fingerprint density at radius 2 is 1.76 bits per heavy atom. The minimum Gasteiger partial charge on any atom is -0.507 e. The molecule has 0 unspecified atom stereocenters. The van der Waals surface area contributed by atoms with Crippen molar-refractivity contribution >= 4 is 10.8 Å². The number of fused-ring (bicyclic) bond motifs is 1. The first kappa shape index (κ1) is 13.4. The number of alkyl halides is 3. The SMILES string of the molecule is Oc1cc2ccccc2cc1-c1nc(CC(F)(F)F)no1. The van der Waals surface area contributed by atoms with Crippen LogP contribution < -0.4 is 0 Å². The lowest BCUT2D eigenvalue weighted by Gasteiger charge is -2.03. The normalized spacial score (nSPS) is 12.0. The van der Waals surface area contributed by atoms with Gasteiger partial charge in [-0.15, -0.1) is 0 Å². The zero-order chi connectivity index (χ0) is 15.0. The van der Waals surface area contributed by atoms with Crippen molar-refractivity contribution in [3.63, 3.8) is 0 Å². The lowest BCUT2D eigenvalue weighted by atomic mass is 10.1. The van der Waals surface area contributed by atoms with E-state index in [0.29, 0.717) is 0 Å². The number of phenols is 1. The monoisotopic (exact) mass is 294 g/mol. The van der Waals surface area contributed by atoms with Gasteiger partial charge in [-0.25, -0.2) is 0 Å². The molecule has 3 rings (SSSR count). The molecule has 1 aromatic heterocycles. The molecule has 0 radical (unpaired) electrons. The molecule has 2 aromatic carbocycles. The van der Waals surface area contributed by atoms with Crippen LogP contribution in [0.2, 0.25) is 0 Å². The third-order valence-corrected chi connectivity index (χ3v) is 2.92. The van der Waals surface area contributed by atoms with E-state index in [1.54, 1.807) is 6.07 Å². The van der Waals surface area contributed by atoms with Crippen LogP contribution in [0.3, 0.4) is 0 Å². The molecule has 7 heteroatoms. The molecule has 0 aliphatic heterocycles. The number of phenolic OH excluding ortho intramolecular Hbond substituents is 1. The van der Waals surface area contributed by atoms with E-state index in [1.807, 2.05) is 24.3 Å². The van der Waals surface area contributed by atoms with Gasteiger partial charge in [-0.05, 0) is 22.9 Å². The Hall–Kier alpha value is -2.57. The first-order valence-corrected chi connectivity index (χ1v) is 6.04.